The van der Waals surface area contributed by atoms with E-state index < -0.39 is 6.36 Å². The highest BCUT2D eigenvalue weighted by Gasteiger charge is 2.34. The van der Waals surface area contributed by atoms with Crippen molar-refractivity contribution < 1.29 is 22.7 Å². The molecule has 5 nitrogen and oxygen atoms in total. The zero-order chi connectivity index (χ0) is 18.3. The topological polar surface area (TPSA) is 57.0 Å². The number of fused-ring (bicyclic) bond motifs is 1. The van der Waals surface area contributed by atoms with Crippen LogP contribution in [0.15, 0.2) is 42.7 Å². The van der Waals surface area contributed by atoms with Gasteiger partial charge < -0.3 is 9.53 Å². The van der Waals surface area contributed by atoms with Gasteiger partial charge in [-0.05, 0) is 42.5 Å². The summed E-state index contributed by atoms with van der Waals surface area (Å²) >= 11 is 0. The summed E-state index contributed by atoms with van der Waals surface area (Å²) in [4.78, 5) is 15.8. The summed E-state index contributed by atoms with van der Waals surface area (Å²) < 4.78 is 42.9. The van der Waals surface area contributed by atoms with Crippen LogP contribution in [0.4, 0.5) is 13.2 Å². The maximum atomic E-state index is 12.4. The first-order valence-corrected chi connectivity index (χ1v) is 8.09. The van der Waals surface area contributed by atoms with Gasteiger partial charge in [0.15, 0.2) is 0 Å². The Morgan fingerprint density at radius 3 is 2.69 bits per heavy atom. The molecule has 0 saturated heterocycles. The number of aromatic nitrogens is 3. The van der Waals surface area contributed by atoms with Crippen LogP contribution in [0.1, 0.15) is 18.9 Å². The van der Waals surface area contributed by atoms with Gasteiger partial charge in [0.1, 0.15) is 23.6 Å². The van der Waals surface area contributed by atoms with E-state index in [9.17, 15) is 18.0 Å². The summed E-state index contributed by atoms with van der Waals surface area (Å²) in [5, 5.41) is 4.28. The summed E-state index contributed by atoms with van der Waals surface area (Å²) in [5.74, 6) is -0.0184. The van der Waals surface area contributed by atoms with Crippen LogP contribution in [0.25, 0.3) is 22.2 Å². The van der Waals surface area contributed by atoms with Gasteiger partial charge >= 0.3 is 6.36 Å². The van der Waals surface area contributed by atoms with Crippen molar-refractivity contribution in [2.24, 2.45) is 5.92 Å². The van der Waals surface area contributed by atoms with Crippen molar-refractivity contribution in [2.75, 3.05) is 0 Å². The van der Waals surface area contributed by atoms with Gasteiger partial charge in [-0.3, -0.25) is 9.67 Å². The number of rotatable bonds is 5. The number of ether oxygens (including phenoxy) is 1. The number of aldehydes is 1. The quantitative estimate of drug-likeness (QED) is 0.641. The molecule has 1 saturated carbocycles. The Kier molecular flexibility index (Phi) is 3.90. The first-order valence-electron chi connectivity index (χ1n) is 8.09. The molecular weight excluding hydrogens is 347 g/mol. The Morgan fingerprint density at radius 2 is 2.00 bits per heavy atom. The molecule has 0 N–H and O–H groups in total. The molecule has 8 heteroatoms. The number of carbonyl (C=O) groups is 1. The van der Waals surface area contributed by atoms with E-state index in [0.717, 1.165) is 19.1 Å². The largest absolute Gasteiger partial charge is 0.573 e. The predicted octanol–water partition coefficient (Wildman–Crippen LogP) is 4.15. The molecule has 2 aromatic heterocycles. The van der Waals surface area contributed by atoms with Gasteiger partial charge in [-0.2, -0.15) is 5.10 Å². The van der Waals surface area contributed by atoms with E-state index in [2.05, 4.69) is 14.8 Å². The monoisotopic (exact) mass is 361 g/mol. The van der Waals surface area contributed by atoms with Crippen LogP contribution < -0.4 is 4.74 Å². The molecule has 0 radical (unpaired) electrons. The number of carbonyl (C=O) groups excluding carboxylic acids is 1. The Labute approximate surface area is 146 Å². The maximum absolute atomic E-state index is 12.4. The number of hydrogen-bond acceptors (Lipinski definition) is 4. The summed E-state index contributed by atoms with van der Waals surface area (Å²) in [6, 6.07) is 7.13. The van der Waals surface area contributed by atoms with E-state index in [0.29, 0.717) is 22.2 Å². The minimum absolute atomic E-state index is 0.280. The smallest absolute Gasteiger partial charge is 0.406 e. The lowest BCUT2D eigenvalue weighted by Gasteiger charge is -2.12. The van der Waals surface area contributed by atoms with Crippen LogP contribution in [0.5, 0.6) is 5.75 Å². The first-order chi connectivity index (χ1) is 12.4. The minimum atomic E-state index is -4.75. The zero-order valence-corrected chi connectivity index (χ0v) is 13.5. The highest BCUT2D eigenvalue weighted by atomic mass is 19.4. The molecule has 0 bridgehead atoms. The van der Waals surface area contributed by atoms with Crippen molar-refractivity contribution in [3.05, 3.63) is 42.7 Å². The molecule has 1 aliphatic rings. The Hall–Kier alpha value is -2.90. The molecule has 1 atom stereocenters. The molecule has 0 spiro atoms. The number of pyridine rings is 1. The number of hydrogen-bond donors (Lipinski definition) is 0. The van der Waals surface area contributed by atoms with Crippen molar-refractivity contribution in [1.82, 2.24) is 14.8 Å². The fourth-order valence-corrected chi connectivity index (χ4v) is 3.00. The lowest BCUT2D eigenvalue weighted by atomic mass is 10.1. The highest BCUT2D eigenvalue weighted by Crippen LogP contribution is 2.39. The SMILES string of the molecule is O=C[C@H](C1CC1)n1ncc2ncc(-c3cccc(OC(F)(F)F)c3)cc21. The molecule has 2 heterocycles. The van der Waals surface area contributed by atoms with Crippen molar-refractivity contribution in [2.45, 2.75) is 25.2 Å². The second-order valence-electron chi connectivity index (χ2n) is 6.26. The van der Waals surface area contributed by atoms with Crippen LogP contribution in [-0.2, 0) is 4.79 Å². The van der Waals surface area contributed by atoms with Crippen LogP contribution in [0.3, 0.4) is 0 Å². The molecule has 0 unspecified atom stereocenters. The molecule has 26 heavy (non-hydrogen) atoms. The van der Waals surface area contributed by atoms with E-state index in [1.807, 2.05) is 0 Å². The molecule has 0 aliphatic heterocycles. The highest BCUT2D eigenvalue weighted by molar-refractivity contribution is 5.81. The number of halogens is 3. The summed E-state index contributed by atoms with van der Waals surface area (Å²) in [7, 11) is 0. The third-order valence-corrected chi connectivity index (χ3v) is 4.38. The van der Waals surface area contributed by atoms with Gasteiger partial charge in [0, 0.05) is 11.8 Å². The molecule has 1 aromatic carbocycles. The molecule has 4 rings (SSSR count). The fraction of sp³-hybridized carbons (Fsp3) is 0.278. The maximum Gasteiger partial charge on any atom is 0.573 e. The Morgan fingerprint density at radius 1 is 1.19 bits per heavy atom. The predicted molar refractivity (Wildman–Crippen MR) is 87.5 cm³/mol. The Balaban J connectivity index is 1.73. The van der Waals surface area contributed by atoms with Crippen LogP contribution in [0.2, 0.25) is 0 Å². The standard InChI is InChI=1S/C18H14F3N3O2/c19-18(20,21)26-14-3-1-2-12(6-14)13-7-16-15(22-8-13)9-23-24(16)17(10-25)11-4-5-11/h1-3,6-11,17H,4-5H2/t17-/m1/s1. The second-order valence-corrected chi connectivity index (χ2v) is 6.26. The minimum Gasteiger partial charge on any atom is -0.406 e. The van der Waals surface area contributed by atoms with Gasteiger partial charge in [-0.25, -0.2) is 0 Å². The second kappa shape index (κ2) is 6.12. The summed E-state index contributed by atoms with van der Waals surface area (Å²) in [6.45, 7) is 0. The molecular formula is C18H14F3N3O2. The average molecular weight is 361 g/mol. The third-order valence-electron chi connectivity index (χ3n) is 4.38. The molecule has 1 fully saturated rings. The van der Waals surface area contributed by atoms with Gasteiger partial charge in [0.2, 0.25) is 0 Å². The molecule has 1 aliphatic carbocycles. The van der Waals surface area contributed by atoms with Gasteiger partial charge in [-0.1, -0.05) is 12.1 Å². The van der Waals surface area contributed by atoms with Crippen molar-refractivity contribution >= 4 is 17.3 Å². The van der Waals surface area contributed by atoms with Crippen LogP contribution >= 0.6 is 0 Å². The normalized spacial score (nSPS) is 15.8. The summed E-state index contributed by atoms with van der Waals surface area (Å²) in [6.07, 6.45) is 1.24. The molecule has 3 aromatic rings. The first kappa shape index (κ1) is 16.6. The van der Waals surface area contributed by atoms with E-state index in [-0.39, 0.29) is 17.7 Å². The van der Waals surface area contributed by atoms with Crippen molar-refractivity contribution in [3.63, 3.8) is 0 Å². The average Bonchev–Trinajstić information content (AvgIpc) is 3.34. The third kappa shape index (κ3) is 3.26. The van der Waals surface area contributed by atoms with Crippen LogP contribution in [-0.4, -0.2) is 27.4 Å². The summed E-state index contributed by atoms with van der Waals surface area (Å²) in [5.41, 5.74) is 2.45. The van der Waals surface area contributed by atoms with E-state index >= 15 is 0 Å². The van der Waals surface area contributed by atoms with E-state index in [1.54, 1.807) is 29.2 Å². The van der Waals surface area contributed by atoms with Gasteiger partial charge in [0.25, 0.3) is 0 Å². The van der Waals surface area contributed by atoms with Crippen LogP contribution in [0, 0.1) is 5.92 Å². The van der Waals surface area contributed by atoms with Gasteiger partial charge in [-0.15, -0.1) is 13.2 Å². The zero-order valence-electron chi connectivity index (χ0n) is 13.5. The number of alkyl halides is 3. The van der Waals surface area contributed by atoms with Crippen molar-refractivity contribution in [1.29, 1.82) is 0 Å². The fourth-order valence-electron chi connectivity index (χ4n) is 3.00. The lowest BCUT2D eigenvalue weighted by Crippen LogP contribution is -2.17. The van der Waals surface area contributed by atoms with Gasteiger partial charge in [0.05, 0.1) is 11.7 Å². The number of nitrogens with zero attached hydrogens (tertiary/aromatic N) is 3. The lowest BCUT2D eigenvalue weighted by molar-refractivity contribution is -0.274. The Bertz CT molecular complexity index is 964. The number of benzene rings is 1. The van der Waals surface area contributed by atoms with E-state index in [1.165, 1.54) is 18.2 Å². The van der Waals surface area contributed by atoms with Crippen molar-refractivity contribution in [3.8, 4) is 16.9 Å². The molecule has 134 valence electrons. The molecule has 0 amide bonds. The van der Waals surface area contributed by atoms with E-state index in [4.69, 9.17) is 0 Å².